The number of halogens is 1. The molecule has 124 valence electrons. The zero-order chi connectivity index (χ0) is 17.2. The van der Waals surface area contributed by atoms with E-state index in [0.29, 0.717) is 17.9 Å². The molecule has 5 nitrogen and oxygen atoms in total. The lowest BCUT2D eigenvalue weighted by Crippen LogP contribution is -2.41. The fourth-order valence-corrected chi connectivity index (χ4v) is 2.63. The van der Waals surface area contributed by atoms with Gasteiger partial charge in [0.25, 0.3) is 5.91 Å². The Morgan fingerprint density at radius 1 is 1.30 bits per heavy atom. The molecule has 3 N–H and O–H groups in total. The monoisotopic (exact) mass is 336 g/mol. The quantitative estimate of drug-likeness (QED) is 0.776. The van der Waals surface area contributed by atoms with Crippen molar-refractivity contribution in [3.63, 3.8) is 0 Å². The zero-order valence-corrected chi connectivity index (χ0v) is 14.2. The van der Waals surface area contributed by atoms with Gasteiger partial charge in [0, 0.05) is 10.9 Å². The van der Waals surface area contributed by atoms with Gasteiger partial charge in [-0.1, -0.05) is 50.6 Å². The average Bonchev–Trinajstić information content (AvgIpc) is 2.80. The molecule has 0 saturated carbocycles. The third-order valence-electron chi connectivity index (χ3n) is 3.66. The van der Waals surface area contributed by atoms with Gasteiger partial charge in [-0.15, -0.1) is 0 Å². The lowest BCUT2D eigenvalue weighted by atomic mass is 9.88. The van der Waals surface area contributed by atoms with Crippen molar-refractivity contribution in [2.75, 3.05) is 0 Å². The molecule has 2 rings (SSSR count). The Morgan fingerprint density at radius 3 is 2.52 bits per heavy atom. The summed E-state index contributed by atoms with van der Waals surface area (Å²) in [5, 5.41) is 12.9. The number of amides is 1. The van der Waals surface area contributed by atoms with E-state index in [1.807, 2.05) is 39.0 Å². The van der Waals surface area contributed by atoms with Crippen molar-refractivity contribution in [3.05, 3.63) is 35.0 Å². The summed E-state index contributed by atoms with van der Waals surface area (Å²) in [7, 11) is 0. The first-order chi connectivity index (χ1) is 10.7. The van der Waals surface area contributed by atoms with Crippen LogP contribution in [-0.4, -0.2) is 28.0 Å². The lowest BCUT2D eigenvalue weighted by molar-refractivity contribution is -0.139. The maximum absolute atomic E-state index is 12.4. The van der Waals surface area contributed by atoms with E-state index >= 15 is 0 Å². The smallest absolute Gasteiger partial charge is 0.326 e. The third kappa shape index (κ3) is 4.26. The van der Waals surface area contributed by atoms with Crippen molar-refractivity contribution in [1.29, 1.82) is 0 Å². The first kappa shape index (κ1) is 17.3. The number of carbonyl (C=O) groups excluding carboxylic acids is 1. The number of carbonyl (C=O) groups is 2. The van der Waals surface area contributed by atoms with Gasteiger partial charge in [0.15, 0.2) is 0 Å². The van der Waals surface area contributed by atoms with Gasteiger partial charge >= 0.3 is 5.97 Å². The van der Waals surface area contributed by atoms with Crippen molar-refractivity contribution in [3.8, 4) is 0 Å². The predicted octanol–water partition coefficient (Wildman–Crippen LogP) is 3.83. The molecule has 0 spiro atoms. The van der Waals surface area contributed by atoms with Gasteiger partial charge in [-0.25, -0.2) is 4.79 Å². The Labute approximate surface area is 140 Å². The van der Waals surface area contributed by atoms with Gasteiger partial charge in [0.2, 0.25) is 0 Å². The number of para-hydroxylation sites is 1. The molecule has 1 atom stereocenters. The number of H-pyrrole nitrogens is 1. The zero-order valence-electron chi connectivity index (χ0n) is 13.4. The Bertz CT molecular complexity index is 731. The second kappa shape index (κ2) is 6.62. The number of carboxylic acids is 1. The first-order valence-corrected chi connectivity index (χ1v) is 7.87. The highest BCUT2D eigenvalue weighted by atomic mass is 35.5. The van der Waals surface area contributed by atoms with Crippen LogP contribution < -0.4 is 5.32 Å². The third-order valence-corrected chi connectivity index (χ3v) is 4.05. The van der Waals surface area contributed by atoms with Gasteiger partial charge in [-0.05, 0) is 24.3 Å². The molecule has 0 bridgehead atoms. The Morgan fingerprint density at radius 2 is 1.96 bits per heavy atom. The van der Waals surface area contributed by atoms with Crippen molar-refractivity contribution in [1.82, 2.24) is 10.3 Å². The van der Waals surface area contributed by atoms with Crippen LogP contribution in [-0.2, 0) is 4.79 Å². The molecule has 0 aliphatic carbocycles. The minimum atomic E-state index is -1.05. The molecule has 1 aromatic heterocycles. The Hall–Kier alpha value is -2.01. The van der Waals surface area contributed by atoms with Crippen LogP contribution in [0.15, 0.2) is 24.3 Å². The second-order valence-electron chi connectivity index (χ2n) is 6.82. The summed E-state index contributed by atoms with van der Waals surface area (Å²) in [6.07, 6.45) is 1.05. The number of carboxylic acid groups (broad SMARTS) is 1. The van der Waals surface area contributed by atoms with Crippen molar-refractivity contribution in [2.45, 2.75) is 39.7 Å². The number of nitrogens with one attached hydrogen (secondary N) is 2. The van der Waals surface area contributed by atoms with Crippen LogP contribution in [0.4, 0.5) is 0 Å². The van der Waals surface area contributed by atoms with Crippen LogP contribution >= 0.6 is 11.6 Å². The van der Waals surface area contributed by atoms with Crippen LogP contribution in [0.25, 0.3) is 10.9 Å². The summed E-state index contributed by atoms with van der Waals surface area (Å²) in [6, 6.07) is 6.34. The summed E-state index contributed by atoms with van der Waals surface area (Å²) in [5.41, 5.74) is 0.927. The molecule has 1 unspecified atom stereocenters. The van der Waals surface area contributed by atoms with Gasteiger partial charge in [-0.3, -0.25) is 4.79 Å². The minimum absolute atomic E-state index is 0.00279. The van der Waals surface area contributed by atoms with Crippen molar-refractivity contribution >= 4 is 34.4 Å². The average molecular weight is 337 g/mol. The number of rotatable bonds is 5. The molecular weight excluding hydrogens is 316 g/mol. The van der Waals surface area contributed by atoms with E-state index in [-0.39, 0.29) is 11.1 Å². The van der Waals surface area contributed by atoms with Gasteiger partial charge in [0.1, 0.15) is 11.7 Å². The number of aromatic nitrogens is 1. The van der Waals surface area contributed by atoms with Gasteiger partial charge < -0.3 is 15.4 Å². The maximum Gasteiger partial charge on any atom is 0.326 e. The highest BCUT2D eigenvalue weighted by molar-refractivity contribution is 6.38. The molecule has 0 aliphatic heterocycles. The van der Waals surface area contributed by atoms with Gasteiger partial charge in [0.05, 0.1) is 5.02 Å². The van der Waals surface area contributed by atoms with E-state index in [9.17, 15) is 14.7 Å². The molecule has 2 aromatic rings. The van der Waals surface area contributed by atoms with E-state index < -0.39 is 17.9 Å². The predicted molar refractivity (Wildman–Crippen MR) is 90.9 cm³/mol. The second-order valence-corrected chi connectivity index (χ2v) is 7.20. The fourth-order valence-electron chi connectivity index (χ4n) is 2.33. The number of fused-ring (bicyclic) bond motifs is 1. The normalized spacial score (nSPS) is 13.0. The van der Waals surface area contributed by atoms with Crippen LogP contribution in [0, 0.1) is 5.41 Å². The number of hydrogen-bond acceptors (Lipinski definition) is 2. The van der Waals surface area contributed by atoms with Crippen LogP contribution in [0.3, 0.4) is 0 Å². The molecule has 0 aliphatic rings. The van der Waals surface area contributed by atoms with E-state index in [1.165, 1.54) is 0 Å². The minimum Gasteiger partial charge on any atom is -0.480 e. The van der Waals surface area contributed by atoms with Crippen LogP contribution in [0.5, 0.6) is 0 Å². The summed E-state index contributed by atoms with van der Waals surface area (Å²) in [4.78, 5) is 26.7. The van der Waals surface area contributed by atoms with Crippen LogP contribution in [0.1, 0.15) is 44.1 Å². The Balaban J connectivity index is 2.17. The SMILES string of the molecule is CC(C)(C)CCC(NC(=O)c1[nH]c2ccccc2c1Cl)C(=O)O. The number of aliphatic carboxylic acids is 1. The highest BCUT2D eigenvalue weighted by Gasteiger charge is 2.25. The maximum atomic E-state index is 12.4. The topological polar surface area (TPSA) is 82.2 Å². The van der Waals surface area contributed by atoms with E-state index in [1.54, 1.807) is 6.07 Å². The lowest BCUT2D eigenvalue weighted by Gasteiger charge is -2.21. The van der Waals surface area contributed by atoms with E-state index in [2.05, 4.69) is 10.3 Å². The molecule has 1 heterocycles. The molecule has 1 aromatic carbocycles. The standard InChI is InChI=1S/C17H21ClN2O3/c1-17(2,3)9-8-12(16(22)23)20-15(21)14-13(18)10-6-4-5-7-11(10)19-14/h4-7,12,19H,8-9H2,1-3H3,(H,20,21)(H,22,23). The molecule has 6 heteroatoms. The highest BCUT2D eigenvalue weighted by Crippen LogP contribution is 2.27. The number of aromatic amines is 1. The Kier molecular flexibility index (Phi) is 5.00. The molecule has 0 radical (unpaired) electrons. The first-order valence-electron chi connectivity index (χ1n) is 7.49. The largest absolute Gasteiger partial charge is 0.480 e. The van der Waals surface area contributed by atoms with E-state index in [0.717, 1.165) is 10.9 Å². The summed E-state index contributed by atoms with van der Waals surface area (Å²) in [6.45, 7) is 6.09. The fraction of sp³-hybridized carbons (Fsp3) is 0.412. The van der Waals surface area contributed by atoms with E-state index in [4.69, 9.17) is 11.6 Å². The molecule has 1 amide bonds. The number of hydrogen-bond donors (Lipinski definition) is 3. The van der Waals surface area contributed by atoms with Crippen LogP contribution in [0.2, 0.25) is 5.02 Å². The summed E-state index contributed by atoms with van der Waals surface area (Å²) in [5.74, 6) is -1.55. The molecule has 23 heavy (non-hydrogen) atoms. The molecular formula is C17H21ClN2O3. The van der Waals surface area contributed by atoms with Crippen molar-refractivity contribution in [2.24, 2.45) is 5.41 Å². The summed E-state index contributed by atoms with van der Waals surface area (Å²) < 4.78 is 0. The molecule has 0 saturated heterocycles. The number of benzene rings is 1. The van der Waals surface area contributed by atoms with Crippen molar-refractivity contribution < 1.29 is 14.7 Å². The summed E-state index contributed by atoms with van der Waals surface area (Å²) >= 11 is 6.23. The van der Waals surface area contributed by atoms with Gasteiger partial charge in [-0.2, -0.15) is 0 Å². The molecule has 0 fully saturated rings.